The van der Waals surface area contributed by atoms with E-state index in [4.69, 9.17) is 10.5 Å². The monoisotopic (exact) mass is 247 g/mol. The van der Waals surface area contributed by atoms with Gasteiger partial charge in [0.05, 0.1) is 7.11 Å². The van der Waals surface area contributed by atoms with Crippen LogP contribution in [0.4, 0.5) is 0 Å². The fourth-order valence-electron chi connectivity index (χ4n) is 2.75. The van der Waals surface area contributed by atoms with Crippen LogP contribution >= 0.6 is 0 Å². The molecule has 0 spiro atoms. The first-order chi connectivity index (χ1) is 8.34. The van der Waals surface area contributed by atoms with Gasteiger partial charge in [0.25, 0.3) is 0 Å². The minimum Gasteiger partial charge on any atom is -0.496 e. The van der Waals surface area contributed by atoms with E-state index in [-0.39, 0.29) is 10.8 Å². The van der Waals surface area contributed by atoms with E-state index in [1.165, 1.54) is 29.5 Å². The zero-order chi connectivity index (χ0) is 13.6. The maximum Gasteiger partial charge on any atom is 0.122 e. The van der Waals surface area contributed by atoms with Crippen molar-refractivity contribution in [2.24, 2.45) is 5.73 Å². The Morgan fingerprint density at radius 1 is 1.28 bits per heavy atom. The summed E-state index contributed by atoms with van der Waals surface area (Å²) in [5, 5.41) is 0. The van der Waals surface area contributed by atoms with E-state index in [0.717, 1.165) is 12.3 Å². The van der Waals surface area contributed by atoms with Crippen molar-refractivity contribution in [3.05, 3.63) is 28.8 Å². The summed E-state index contributed by atoms with van der Waals surface area (Å²) >= 11 is 0. The molecule has 0 saturated heterocycles. The van der Waals surface area contributed by atoms with Gasteiger partial charge in [-0.05, 0) is 47.9 Å². The van der Waals surface area contributed by atoms with Crippen molar-refractivity contribution in [2.75, 3.05) is 13.7 Å². The molecule has 2 nitrogen and oxygen atoms in total. The minimum atomic E-state index is 0.105. The Hall–Kier alpha value is -1.02. The van der Waals surface area contributed by atoms with Crippen molar-refractivity contribution in [1.82, 2.24) is 0 Å². The van der Waals surface area contributed by atoms with Gasteiger partial charge in [0.15, 0.2) is 0 Å². The molecule has 0 aliphatic heterocycles. The van der Waals surface area contributed by atoms with Gasteiger partial charge >= 0.3 is 0 Å². The third-order valence-electron chi connectivity index (χ3n) is 4.17. The predicted molar refractivity (Wildman–Crippen MR) is 76.4 cm³/mol. The van der Waals surface area contributed by atoms with E-state index in [9.17, 15) is 0 Å². The summed E-state index contributed by atoms with van der Waals surface area (Å²) in [6.07, 6.45) is 2.42. The highest BCUT2D eigenvalue weighted by Gasteiger charge is 2.44. The maximum absolute atomic E-state index is 5.94. The van der Waals surface area contributed by atoms with Crippen LogP contribution in [0.2, 0.25) is 0 Å². The highest BCUT2D eigenvalue weighted by atomic mass is 16.5. The second-order valence-corrected chi connectivity index (χ2v) is 6.60. The topological polar surface area (TPSA) is 35.2 Å². The summed E-state index contributed by atoms with van der Waals surface area (Å²) in [5.41, 5.74) is 10.3. The summed E-state index contributed by atoms with van der Waals surface area (Å²) in [5.74, 6) is 1.00. The Labute approximate surface area is 111 Å². The average Bonchev–Trinajstić information content (AvgIpc) is 3.08. The number of hydrogen-bond acceptors (Lipinski definition) is 2. The van der Waals surface area contributed by atoms with E-state index in [0.29, 0.717) is 0 Å². The largest absolute Gasteiger partial charge is 0.496 e. The third kappa shape index (κ3) is 2.14. The number of benzene rings is 1. The van der Waals surface area contributed by atoms with Crippen molar-refractivity contribution in [1.29, 1.82) is 0 Å². The molecule has 2 heteroatoms. The molecule has 0 aromatic heterocycles. The lowest BCUT2D eigenvalue weighted by molar-refractivity contribution is 0.396. The molecular formula is C16H25NO. The molecule has 18 heavy (non-hydrogen) atoms. The second-order valence-electron chi connectivity index (χ2n) is 6.60. The Balaban J connectivity index is 2.54. The quantitative estimate of drug-likeness (QED) is 0.889. The summed E-state index contributed by atoms with van der Waals surface area (Å²) in [4.78, 5) is 0. The van der Waals surface area contributed by atoms with E-state index in [2.05, 4.69) is 39.8 Å². The van der Waals surface area contributed by atoms with Crippen molar-refractivity contribution in [3.63, 3.8) is 0 Å². The van der Waals surface area contributed by atoms with Crippen LogP contribution in [0.15, 0.2) is 12.1 Å². The lowest BCUT2D eigenvalue weighted by Crippen LogP contribution is -2.22. The van der Waals surface area contributed by atoms with E-state index < -0.39 is 0 Å². The van der Waals surface area contributed by atoms with Gasteiger partial charge in [0.2, 0.25) is 0 Å². The zero-order valence-corrected chi connectivity index (χ0v) is 12.3. The number of hydrogen-bond donors (Lipinski definition) is 1. The summed E-state index contributed by atoms with van der Waals surface area (Å²) in [6.45, 7) is 9.60. The van der Waals surface area contributed by atoms with Crippen LogP contribution in [-0.4, -0.2) is 13.7 Å². The average molecular weight is 247 g/mol. The molecule has 1 aliphatic rings. The summed E-state index contributed by atoms with van der Waals surface area (Å²) < 4.78 is 5.59. The third-order valence-corrected chi connectivity index (χ3v) is 4.17. The number of aryl methyl sites for hydroxylation is 1. The normalized spacial score (nSPS) is 17.7. The van der Waals surface area contributed by atoms with Gasteiger partial charge in [-0.25, -0.2) is 0 Å². The fourth-order valence-corrected chi connectivity index (χ4v) is 2.75. The predicted octanol–water partition coefficient (Wildman–Crippen LogP) is 3.29. The molecule has 0 radical (unpaired) electrons. The molecular weight excluding hydrogens is 222 g/mol. The minimum absolute atomic E-state index is 0.105. The van der Waals surface area contributed by atoms with Gasteiger partial charge in [-0.15, -0.1) is 0 Å². The molecule has 2 N–H and O–H groups in total. The highest BCUT2D eigenvalue weighted by molar-refractivity contribution is 5.50. The summed E-state index contributed by atoms with van der Waals surface area (Å²) in [6, 6.07) is 4.50. The van der Waals surface area contributed by atoms with Crippen LogP contribution in [0.3, 0.4) is 0 Å². The summed E-state index contributed by atoms with van der Waals surface area (Å²) in [7, 11) is 1.76. The van der Waals surface area contributed by atoms with Gasteiger partial charge in [0.1, 0.15) is 5.75 Å². The fraction of sp³-hybridized carbons (Fsp3) is 0.625. The lowest BCUT2D eigenvalue weighted by atomic mass is 9.82. The van der Waals surface area contributed by atoms with Gasteiger partial charge in [0, 0.05) is 12.0 Å². The Bertz CT molecular complexity index is 453. The van der Waals surface area contributed by atoms with Gasteiger partial charge < -0.3 is 10.5 Å². The molecule has 0 heterocycles. The molecule has 100 valence electrons. The SMILES string of the molecule is COc1cc(C2(CN)CC2)c(C)cc1C(C)(C)C. The Morgan fingerprint density at radius 2 is 1.89 bits per heavy atom. The van der Waals surface area contributed by atoms with Crippen LogP contribution in [-0.2, 0) is 10.8 Å². The first-order valence-electron chi connectivity index (χ1n) is 6.74. The molecule has 1 saturated carbocycles. The van der Waals surface area contributed by atoms with E-state index in [1.807, 2.05) is 0 Å². The molecule has 1 aliphatic carbocycles. The van der Waals surface area contributed by atoms with E-state index in [1.54, 1.807) is 7.11 Å². The lowest BCUT2D eigenvalue weighted by Gasteiger charge is -2.26. The standard InChI is InChI=1S/C16H25NO/c1-11-8-13(15(2,3)4)14(18-5)9-12(11)16(10-17)6-7-16/h8-9H,6-7,10,17H2,1-5H3. The first kappa shape index (κ1) is 13.4. The second kappa shape index (κ2) is 4.27. The van der Waals surface area contributed by atoms with Crippen LogP contribution in [0, 0.1) is 6.92 Å². The van der Waals surface area contributed by atoms with E-state index >= 15 is 0 Å². The van der Waals surface area contributed by atoms with Crippen molar-refractivity contribution in [2.45, 2.75) is 51.4 Å². The molecule has 1 aromatic carbocycles. The Morgan fingerprint density at radius 3 is 2.28 bits per heavy atom. The number of rotatable bonds is 3. The highest BCUT2D eigenvalue weighted by Crippen LogP contribution is 2.50. The molecule has 1 fully saturated rings. The smallest absolute Gasteiger partial charge is 0.122 e. The molecule has 0 atom stereocenters. The zero-order valence-electron chi connectivity index (χ0n) is 12.3. The number of methoxy groups -OCH3 is 1. The van der Waals surface area contributed by atoms with Crippen molar-refractivity contribution in [3.8, 4) is 5.75 Å². The first-order valence-corrected chi connectivity index (χ1v) is 6.74. The van der Waals surface area contributed by atoms with Crippen LogP contribution in [0.25, 0.3) is 0 Å². The Kier molecular flexibility index (Phi) is 3.18. The van der Waals surface area contributed by atoms with Crippen LogP contribution in [0.5, 0.6) is 5.75 Å². The molecule has 2 rings (SSSR count). The molecule has 0 bridgehead atoms. The molecule has 0 unspecified atom stereocenters. The van der Waals surface area contributed by atoms with Crippen LogP contribution < -0.4 is 10.5 Å². The number of nitrogens with two attached hydrogens (primary N) is 1. The van der Waals surface area contributed by atoms with Crippen molar-refractivity contribution < 1.29 is 4.74 Å². The molecule has 0 amide bonds. The maximum atomic E-state index is 5.94. The van der Waals surface area contributed by atoms with Crippen LogP contribution in [0.1, 0.15) is 50.3 Å². The molecule has 1 aromatic rings. The van der Waals surface area contributed by atoms with Crippen molar-refractivity contribution >= 4 is 0 Å². The van der Waals surface area contributed by atoms with Gasteiger partial charge in [-0.2, -0.15) is 0 Å². The van der Waals surface area contributed by atoms with Gasteiger partial charge in [-0.1, -0.05) is 26.8 Å². The van der Waals surface area contributed by atoms with Gasteiger partial charge in [-0.3, -0.25) is 0 Å². The number of ether oxygens (including phenoxy) is 1.